The van der Waals surface area contributed by atoms with Crippen LogP contribution in [0.1, 0.15) is 17.2 Å². The Labute approximate surface area is 157 Å². The number of hydrogen-bond donors (Lipinski definition) is 1. The molecule has 3 rings (SSSR count). The zero-order valence-corrected chi connectivity index (χ0v) is 14.6. The van der Waals surface area contributed by atoms with Crippen LogP contribution < -0.4 is 5.56 Å². The van der Waals surface area contributed by atoms with Crippen molar-refractivity contribution >= 4 is 23.2 Å². The highest BCUT2D eigenvalue weighted by Gasteiger charge is 2.20. The molecule has 1 atom stereocenters. The van der Waals surface area contributed by atoms with Crippen LogP contribution in [0.25, 0.3) is 5.69 Å². The lowest BCUT2D eigenvalue weighted by Gasteiger charge is -2.16. The Kier molecular flexibility index (Phi) is 5.15. The molecule has 2 aromatic carbocycles. The van der Waals surface area contributed by atoms with Gasteiger partial charge in [-0.2, -0.15) is 5.11 Å². The molecular formula is C18H11Cl2F2N3O. The van der Waals surface area contributed by atoms with Gasteiger partial charge in [-0.15, -0.1) is 0 Å². The maximum absolute atomic E-state index is 14.1. The molecule has 0 aliphatic carbocycles. The van der Waals surface area contributed by atoms with Crippen LogP contribution in [-0.4, -0.2) is 4.57 Å². The largest absolute Gasteiger partial charge is 0.281 e. The Bertz CT molecular complexity index is 1030. The molecule has 8 heteroatoms. The van der Waals surface area contributed by atoms with Crippen LogP contribution >= 0.6 is 23.2 Å². The van der Waals surface area contributed by atoms with Gasteiger partial charge >= 0.3 is 0 Å². The minimum absolute atomic E-state index is 0.0110. The number of para-hydroxylation sites is 1. The van der Waals surface area contributed by atoms with Crippen molar-refractivity contribution in [2.24, 2.45) is 5.11 Å². The Morgan fingerprint density at radius 1 is 1.04 bits per heavy atom. The van der Waals surface area contributed by atoms with Gasteiger partial charge in [0.2, 0.25) is 0 Å². The van der Waals surface area contributed by atoms with Crippen LogP contribution in [0.3, 0.4) is 0 Å². The third-order valence-corrected chi connectivity index (χ3v) is 4.42. The van der Waals surface area contributed by atoms with Crippen molar-refractivity contribution in [2.75, 3.05) is 0 Å². The molecule has 1 heterocycles. The third-order valence-electron chi connectivity index (χ3n) is 3.81. The van der Waals surface area contributed by atoms with Crippen molar-refractivity contribution in [1.29, 1.82) is 5.53 Å². The summed E-state index contributed by atoms with van der Waals surface area (Å²) < 4.78 is 28.5. The van der Waals surface area contributed by atoms with Gasteiger partial charge in [-0.1, -0.05) is 35.3 Å². The lowest BCUT2D eigenvalue weighted by Crippen LogP contribution is -2.19. The third kappa shape index (κ3) is 3.38. The molecule has 0 saturated heterocycles. The van der Waals surface area contributed by atoms with Gasteiger partial charge in [-0.05, 0) is 29.8 Å². The van der Waals surface area contributed by atoms with Crippen molar-refractivity contribution in [3.8, 4) is 5.69 Å². The molecule has 1 unspecified atom stereocenters. The molecule has 3 aromatic rings. The summed E-state index contributed by atoms with van der Waals surface area (Å²) in [4.78, 5) is 12.3. The molecule has 0 spiro atoms. The summed E-state index contributed by atoms with van der Waals surface area (Å²) in [5, 5.41) is 3.94. The molecule has 0 bridgehead atoms. The number of halogens is 4. The molecule has 26 heavy (non-hydrogen) atoms. The topological polar surface area (TPSA) is 58.2 Å². The number of pyridine rings is 1. The highest BCUT2D eigenvalue weighted by atomic mass is 35.5. The van der Waals surface area contributed by atoms with Crippen LogP contribution in [0.15, 0.2) is 64.6 Å². The summed E-state index contributed by atoms with van der Waals surface area (Å²) in [5.74, 6) is -1.57. The monoisotopic (exact) mass is 393 g/mol. The Morgan fingerprint density at radius 2 is 1.73 bits per heavy atom. The van der Waals surface area contributed by atoms with Gasteiger partial charge < -0.3 is 0 Å². The van der Waals surface area contributed by atoms with Crippen LogP contribution in [0.5, 0.6) is 0 Å². The Morgan fingerprint density at radius 3 is 2.35 bits per heavy atom. The summed E-state index contributed by atoms with van der Waals surface area (Å²) in [7, 11) is 0. The average molecular weight is 394 g/mol. The smallest absolute Gasteiger partial charge is 0.255 e. The fraction of sp³-hybridized carbons (Fsp3) is 0.0556. The second-order valence-corrected chi connectivity index (χ2v) is 6.25. The molecule has 0 aliphatic rings. The molecule has 0 amide bonds. The van der Waals surface area contributed by atoms with Crippen LogP contribution in [-0.2, 0) is 0 Å². The first-order valence-electron chi connectivity index (χ1n) is 7.41. The van der Waals surface area contributed by atoms with Crippen molar-refractivity contribution in [1.82, 2.24) is 4.57 Å². The molecular weight excluding hydrogens is 383 g/mol. The lowest BCUT2D eigenvalue weighted by molar-refractivity contribution is 0.561. The van der Waals surface area contributed by atoms with E-state index in [2.05, 4.69) is 5.11 Å². The number of rotatable bonds is 4. The van der Waals surface area contributed by atoms with Crippen LogP contribution in [0.2, 0.25) is 10.0 Å². The van der Waals surface area contributed by atoms with Gasteiger partial charge in [0, 0.05) is 23.9 Å². The quantitative estimate of drug-likeness (QED) is 0.580. The summed E-state index contributed by atoms with van der Waals surface area (Å²) in [5.41, 5.74) is 7.64. The predicted octanol–water partition coefficient (Wildman–Crippen LogP) is 5.54. The minimum atomic E-state index is -1.05. The van der Waals surface area contributed by atoms with Crippen molar-refractivity contribution in [3.63, 3.8) is 0 Å². The highest BCUT2D eigenvalue weighted by molar-refractivity contribution is 6.37. The van der Waals surface area contributed by atoms with E-state index in [1.165, 1.54) is 29.0 Å². The summed E-state index contributed by atoms with van der Waals surface area (Å²) in [6.07, 6.45) is 1.39. The maximum atomic E-state index is 14.1. The summed E-state index contributed by atoms with van der Waals surface area (Å²) in [6, 6.07) is 9.42. The molecule has 0 aliphatic heterocycles. The maximum Gasteiger partial charge on any atom is 0.255 e. The van der Waals surface area contributed by atoms with E-state index in [9.17, 15) is 13.6 Å². The summed E-state index contributed by atoms with van der Waals surface area (Å²) >= 11 is 12.3. The zero-order chi connectivity index (χ0) is 18.8. The number of hydrogen-bond acceptors (Lipinski definition) is 3. The number of aromatic nitrogens is 1. The first kappa shape index (κ1) is 18.2. The van der Waals surface area contributed by atoms with E-state index in [1.807, 2.05) is 0 Å². The Balaban J connectivity index is 2.17. The van der Waals surface area contributed by atoms with E-state index in [1.54, 1.807) is 18.2 Å². The molecule has 0 fully saturated rings. The first-order valence-corrected chi connectivity index (χ1v) is 8.16. The molecule has 1 N–H and O–H groups in total. The second-order valence-electron chi connectivity index (χ2n) is 5.44. The van der Waals surface area contributed by atoms with E-state index >= 15 is 0 Å². The number of benzene rings is 2. The number of nitrogens with one attached hydrogen (secondary N) is 1. The van der Waals surface area contributed by atoms with Crippen LogP contribution in [0, 0.1) is 17.2 Å². The van der Waals surface area contributed by atoms with Crippen molar-refractivity contribution in [2.45, 2.75) is 6.04 Å². The van der Waals surface area contributed by atoms with Gasteiger partial charge in [0.05, 0.1) is 15.7 Å². The van der Waals surface area contributed by atoms with Crippen molar-refractivity contribution < 1.29 is 8.78 Å². The normalized spacial score (nSPS) is 12.0. The average Bonchev–Trinajstić information content (AvgIpc) is 2.59. The van der Waals surface area contributed by atoms with E-state index in [0.29, 0.717) is 11.6 Å². The molecule has 0 radical (unpaired) electrons. The SMILES string of the molecule is N=NC(c1ccc(=O)n(-c2c(Cl)cccc2Cl)c1)c1ccc(F)cc1F. The van der Waals surface area contributed by atoms with E-state index in [-0.39, 0.29) is 21.3 Å². The minimum Gasteiger partial charge on any atom is -0.281 e. The number of nitrogens with zero attached hydrogens (tertiary/aromatic N) is 2. The molecule has 132 valence electrons. The standard InChI is InChI=1S/C18H11Cl2F2N3O/c19-13-2-1-3-14(20)18(13)25-9-10(4-7-16(25)26)17(24-23)12-6-5-11(21)8-15(12)22/h1-9,17,23H. The van der Waals surface area contributed by atoms with Crippen LogP contribution in [0.4, 0.5) is 8.78 Å². The van der Waals surface area contributed by atoms with Gasteiger partial charge in [0.1, 0.15) is 17.7 Å². The van der Waals surface area contributed by atoms with Gasteiger partial charge in [-0.25, -0.2) is 14.3 Å². The second kappa shape index (κ2) is 7.35. The fourth-order valence-electron chi connectivity index (χ4n) is 2.61. The van der Waals surface area contributed by atoms with Gasteiger partial charge in [0.15, 0.2) is 0 Å². The van der Waals surface area contributed by atoms with E-state index < -0.39 is 23.2 Å². The van der Waals surface area contributed by atoms with Crippen molar-refractivity contribution in [3.05, 3.63) is 97.9 Å². The first-order chi connectivity index (χ1) is 12.4. The summed E-state index contributed by atoms with van der Waals surface area (Å²) in [6.45, 7) is 0. The Hall–Kier alpha value is -2.57. The lowest BCUT2D eigenvalue weighted by atomic mass is 10.00. The van der Waals surface area contributed by atoms with E-state index in [4.69, 9.17) is 28.7 Å². The van der Waals surface area contributed by atoms with E-state index in [0.717, 1.165) is 6.07 Å². The zero-order valence-electron chi connectivity index (χ0n) is 13.1. The molecule has 0 saturated carbocycles. The highest BCUT2D eigenvalue weighted by Crippen LogP contribution is 2.31. The fourth-order valence-corrected chi connectivity index (χ4v) is 3.19. The van der Waals surface area contributed by atoms with Gasteiger partial charge in [0.25, 0.3) is 5.56 Å². The van der Waals surface area contributed by atoms with Gasteiger partial charge in [-0.3, -0.25) is 9.36 Å². The predicted molar refractivity (Wildman–Crippen MR) is 95.4 cm³/mol. The molecule has 4 nitrogen and oxygen atoms in total. The molecule has 1 aromatic heterocycles.